The van der Waals surface area contributed by atoms with E-state index in [9.17, 15) is 4.79 Å². The van der Waals surface area contributed by atoms with Gasteiger partial charge in [-0.2, -0.15) is 0 Å². The van der Waals surface area contributed by atoms with Crippen LogP contribution in [-0.4, -0.2) is 17.9 Å². The molecule has 1 unspecified atom stereocenters. The lowest BCUT2D eigenvalue weighted by Crippen LogP contribution is -2.43. The molecule has 0 aromatic carbocycles. The number of nitrogens with one attached hydrogen (secondary N) is 2. The molecule has 0 aliphatic heterocycles. The van der Waals surface area contributed by atoms with Gasteiger partial charge in [-0.25, -0.2) is 4.79 Å². The lowest BCUT2D eigenvalue weighted by Gasteiger charge is -2.21. The summed E-state index contributed by atoms with van der Waals surface area (Å²) in [5, 5.41) is 5.41. The highest BCUT2D eigenvalue weighted by atomic mass is 16.6. The zero-order valence-corrected chi connectivity index (χ0v) is 8.68. The summed E-state index contributed by atoms with van der Waals surface area (Å²) in [6.45, 7) is 10.7. The Morgan fingerprint density at radius 2 is 2.08 bits per heavy atom. The minimum atomic E-state index is -0.460. The molecular weight excluding hydrogens is 168 g/mol. The molecule has 0 fully saturated rings. The fourth-order valence-corrected chi connectivity index (χ4v) is 0.703. The van der Waals surface area contributed by atoms with Crippen molar-refractivity contribution in [2.75, 3.05) is 0 Å². The van der Waals surface area contributed by atoms with Crippen LogP contribution in [0.1, 0.15) is 27.7 Å². The molecule has 0 aliphatic rings. The number of carbonyl (C=O) groups is 1. The van der Waals surface area contributed by atoms with Crippen molar-refractivity contribution >= 4 is 6.09 Å². The van der Waals surface area contributed by atoms with Gasteiger partial charge in [0.2, 0.25) is 0 Å². The van der Waals surface area contributed by atoms with Crippen LogP contribution in [-0.2, 0) is 4.74 Å². The molecule has 0 bridgehead atoms. The van der Waals surface area contributed by atoms with Crippen molar-refractivity contribution < 1.29 is 9.53 Å². The summed E-state index contributed by atoms with van der Waals surface area (Å²) < 4.78 is 5.03. The Hall–Kier alpha value is -1.19. The smallest absolute Gasteiger partial charge is 0.409 e. The number of ether oxygens (including phenoxy) is 1. The molecule has 0 aromatic rings. The van der Waals surface area contributed by atoms with E-state index in [0.717, 1.165) is 0 Å². The van der Waals surface area contributed by atoms with Crippen LogP contribution >= 0.6 is 0 Å². The molecule has 0 radical (unpaired) electrons. The normalized spacial score (nSPS) is 12.9. The van der Waals surface area contributed by atoms with Crippen LogP contribution in [0.2, 0.25) is 0 Å². The van der Waals surface area contributed by atoms with Gasteiger partial charge in [-0.3, -0.25) is 0 Å². The lowest BCUT2D eigenvalue weighted by atomic mass is 10.2. The first-order chi connectivity index (χ1) is 5.85. The Morgan fingerprint density at radius 1 is 1.54 bits per heavy atom. The van der Waals surface area contributed by atoms with E-state index < -0.39 is 11.7 Å². The summed E-state index contributed by atoms with van der Waals surface area (Å²) in [6.07, 6.45) is 0.906. The fraction of sp³-hybridized carbons (Fsp3) is 0.667. The van der Waals surface area contributed by atoms with Gasteiger partial charge in [-0.05, 0) is 33.9 Å². The lowest BCUT2D eigenvalue weighted by molar-refractivity contribution is 0.0503. The maximum atomic E-state index is 11.1. The minimum absolute atomic E-state index is 0.174. The maximum absolute atomic E-state index is 11.1. The number of hydrogen-bond donors (Lipinski definition) is 2. The van der Waals surface area contributed by atoms with E-state index in [1.54, 1.807) is 6.92 Å². The summed E-state index contributed by atoms with van der Waals surface area (Å²) in [6, 6.07) is 0. The van der Waals surface area contributed by atoms with Crippen molar-refractivity contribution in [2.45, 2.75) is 39.5 Å². The van der Waals surface area contributed by atoms with E-state index >= 15 is 0 Å². The van der Waals surface area contributed by atoms with Gasteiger partial charge in [-0.1, -0.05) is 6.58 Å². The molecular formula is C9H18N2O2. The minimum Gasteiger partial charge on any atom is -0.444 e. The van der Waals surface area contributed by atoms with Crippen LogP contribution in [0.4, 0.5) is 4.79 Å². The van der Waals surface area contributed by atoms with Gasteiger partial charge in [0.1, 0.15) is 5.60 Å². The quantitative estimate of drug-likeness (QED) is 0.658. The van der Waals surface area contributed by atoms with E-state index in [4.69, 9.17) is 4.74 Å². The second-order valence-corrected chi connectivity index (χ2v) is 3.74. The number of alkyl carbamates (subject to hydrolysis) is 1. The van der Waals surface area contributed by atoms with Crippen LogP contribution in [0.25, 0.3) is 0 Å². The third-order valence-electron chi connectivity index (χ3n) is 1.10. The van der Waals surface area contributed by atoms with Gasteiger partial charge >= 0.3 is 6.09 Å². The standard InChI is InChI=1S/C9H18N2O2/c1-6-10-7(2)11-8(12)13-9(3,4)5/h6-7,10H,1H2,2-5H3,(H,11,12). The fourth-order valence-electron chi connectivity index (χ4n) is 0.703. The van der Waals surface area contributed by atoms with Crippen LogP contribution in [0, 0.1) is 0 Å². The SMILES string of the molecule is C=CNC(C)NC(=O)OC(C)(C)C. The van der Waals surface area contributed by atoms with Crippen LogP contribution in [0.3, 0.4) is 0 Å². The Kier molecular flexibility index (Phi) is 4.31. The zero-order chi connectivity index (χ0) is 10.5. The first-order valence-electron chi connectivity index (χ1n) is 4.21. The average molecular weight is 186 g/mol. The molecule has 13 heavy (non-hydrogen) atoms. The number of carbonyl (C=O) groups excluding carboxylic acids is 1. The first kappa shape index (κ1) is 11.8. The molecule has 0 aliphatic carbocycles. The zero-order valence-electron chi connectivity index (χ0n) is 8.68. The van der Waals surface area contributed by atoms with E-state index in [0.29, 0.717) is 0 Å². The van der Waals surface area contributed by atoms with E-state index in [1.165, 1.54) is 6.20 Å². The molecule has 76 valence electrons. The molecule has 1 amide bonds. The highest BCUT2D eigenvalue weighted by molar-refractivity contribution is 5.67. The van der Waals surface area contributed by atoms with Crippen molar-refractivity contribution in [1.82, 2.24) is 10.6 Å². The predicted molar refractivity (Wildman–Crippen MR) is 52.2 cm³/mol. The predicted octanol–water partition coefficient (Wildman–Crippen LogP) is 1.59. The van der Waals surface area contributed by atoms with Crippen LogP contribution in [0.15, 0.2) is 12.8 Å². The average Bonchev–Trinajstić information content (AvgIpc) is 1.81. The Bertz CT molecular complexity index is 185. The van der Waals surface area contributed by atoms with Crippen molar-refractivity contribution in [3.05, 3.63) is 12.8 Å². The van der Waals surface area contributed by atoms with Gasteiger partial charge in [0.05, 0.1) is 6.17 Å². The molecule has 0 aromatic heterocycles. The third kappa shape index (κ3) is 7.18. The van der Waals surface area contributed by atoms with Crippen molar-refractivity contribution in [1.29, 1.82) is 0 Å². The first-order valence-corrected chi connectivity index (χ1v) is 4.21. The van der Waals surface area contributed by atoms with Gasteiger partial charge in [0.15, 0.2) is 0 Å². The molecule has 1 atom stereocenters. The third-order valence-corrected chi connectivity index (χ3v) is 1.10. The summed E-state index contributed by atoms with van der Waals surface area (Å²) in [7, 11) is 0. The maximum Gasteiger partial charge on any atom is 0.409 e. The summed E-state index contributed by atoms with van der Waals surface area (Å²) in [4.78, 5) is 11.1. The second kappa shape index (κ2) is 4.74. The van der Waals surface area contributed by atoms with Crippen molar-refractivity contribution in [3.8, 4) is 0 Å². The van der Waals surface area contributed by atoms with E-state index in [1.807, 2.05) is 20.8 Å². The topological polar surface area (TPSA) is 50.4 Å². The number of amides is 1. The monoisotopic (exact) mass is 186 g/mol. The molecule has 0 saturated carbocycles. The van der Waals surface area contributed by atoms with Crippen LogP contribution in [0.5, 0.6) is 0 Å². The van der Waals surface area contributed by atoms with Crippen LogP contribution < -0.4 is 10.6 Å². The van der Waals surface area contributed by atoms with Crippen molar-refractivity contribution in [3.63, 3.8) is 0 Å². The van der Waals surface area contributed by atoms with E-state index in [2.05, 4.69) is 17.2 Å². The van der Waals surface area contributed by atoms with Gasteiger partial charge < -0.3 is 15.4 Å². The molecule has 0 saturated heterocycles. The number of rotatable bonds is 3. The number of hydrogen-bond acceptors (Lipinski definition) is 3. The summed E-state index contributed by atoms with van der Waals surface area (Å²) >= 11 is 0. The largest absolute Gasteiger partial charge is 0.444 e. The van der Waals surface area contributed by atoms with E-state index in [-0.39, 0.29) is 6.17 Å². The van der Waals surface area contributed by atoms with Gasteiger partial charge in [-0.15, -0.1) is 0 Å². The molecule has 4 heteroatoms. The highest BCUT2D eigenvalue weighted by Gasteiger charge is 2.16. The summed E-state index contributed by atoms with van der Waals surface area (Å²) in [5.41, 5.74) is -0.460. The Labute approximate surface area is 79.3 Å². The van der Waals surface area contributed by atoms with Crippen molar-refractivity contribution in [2.24, 2.45) is 0 Å². The Balaban J connectivity index is 3.81. The molecule has 0 rings (SSSR count). The van der Waals surface area contributed by atoms with Gasteiger partial charge in [0, 0.05) is 0 Å². The highest BCUT2D eigenvalue weighted by Crippen LogP contribution is 2.06. The molecule has 2 N–H and O–H groups in total. The molecule has 4 nitrogen and oxygen atoms in total. The summed E-state index contributed by atoms with van der Waals surface area (Å²) in [5.74, 6) is 0. The molecule has 0 spiro atoms. The Morgan fingerprint density at radius 3 is 2.46 bits per heavy atom. The molecule has 0 heterocycles. The van der Waals surface area contributed by atoms with Gasteiger partial charge in [0.25, 0.3) is 0 Å². The second-order valence-electron chi connectivity index (χ2n) is 3.74.